The topological polar surface area (TPSA) is 159 Å². The van der Waals surface area contributed by atoms with Crippen LogP contribution in [0.4, 0.5) is 5.69 Å². The van der Waals surface area contributed by atoms with E-state index in [1.165, 1.54) is 31.4 Å². The average Bonchev–Trinajstić information content (AvgIpc) is 3.20. The van der Waals surface area contributed by atoms with Crippen molar-refractivity contribution in [2.24, 2.45) is 0 Å². The minimum Gasteiger partial charge on any atom is -0.478 e. The zero-order chi connectivity index (χ0) is 23.4. The van der Waals surface area contributed by atoms with Crippen molar-refractivity contribution in [2.75, 3.05) is 7.11 Å². The van der Waals surface area contributed by atoms with Gasteiger partial charge in [0.1, 0.15) is 28.8 Å². The van der Waals surface area contributed by atoms with E-state index in [1.54, 1.807) is 31.2 Å². The Morgan fingerprint density at radius 2 is 2.09 bits per heavy atom. The molecule has 0 spiro atoms. The molecule has 2 heterocycles. The number of aromatic nitrogens is 1. The molecule has 162 valence electrons. The molecule has 1 aromatic carbocycles. The number of aromatic amines is 1. The van der Waals surface area contributed by atoms with Gasteiger partial charge in [-0.05, 0) is 48.9 Å². The van der Waals surface area contributed by atoms with E-state index in [9.17, 15) is 25.0 Å². The fraction of sp³-hybridized carbons (Fsp3) is 0.136. The number of carbonyl (C=O) groups is 1. The van der Waals surface area contributed by atoms with Gasteiger partial charge in [-0.25, -0.2) is 4.79 Å². The van der Waals surface area contributed by atoms with Crippen molar-refractivity contribution in [1.82, 2.24) is 4.98 Å². The Kier molecular flexibility index (Phi) is 6.32. The van der Waals surface area contributed by atoms with Crippen LogP contribution in [-0.2, 0) is 11.3 Å². The molecule has 0 bridgehead atoms. The van der Waals surface area contributed by atoms with Crippen molar-refractivity contribution in [3.8, 4) is 17.4 Å². The lowest BCUT2D eigenvalue weighted by Crippen LogP contribution is -2.18. The van der Waals surface area contributed by atoms with Crippen LogP contribution in [0.15, 0.2) is 39.5 Å². The number of benzene rings is 1. The maximum absolute atomic E-state index is 12.2. The van der Waals surface area contributed by atoms with E-state index >= 15 is 0 Å². The molecule has 0 fully saturated rings. The fourth-order valence-electron chi connectivity index (χ4n) is 3.22. The van der Waals surface area contributed by atoms with Crippen LogP contribution in [0.3, 0.4) is 0 Å². The molecule has 0 aliphatic heterocycles. The van der Waals surface area contributed by atoms with Gasteiger partial charge < -0.3 is 19.2 Å². The second-order valence-electron chi connectivity index (χ2n) is 6.74. The third-order valence-electron chi connectivity index (χ3n) is 4.68. The number of methoxy groups -OCH3 is 1. The molecule has 0 amide bonds. The summed E-state index contributed by atoms with van der Waals surface area (Å²) in [7, 11) is 1.30. The first kappa shape index (κ1) is 22.2. The molecule has 0 unspecified atom stereocenters. The van der Waals surface area contributed by atoms with E-state index in [-0.39, 0.29) is 29.0 Å². The first-order valence-electron chi connectivity index (χ1n) is 9.21. The predicted octanol–water partition coefficient (Wildman–Crippen LogP) is 3.74. The number of nitro groups is 1. The number of nitrogens with one attached hydrogen (secondary N) is 1. The van der Waals surface area contributed by atoms with Crippen molar-refractivity contribution in [3.05, 3.63) is 84.5 Å². The number of aromatic carboxylic acids is 1. The summed E-state index contributed by atoms with van der Waals surface area (Å²) in [6.07, 6.45) is 2.74. The van der Waals surface area contributed by atoms with Crippen molar-refractivity contribution < 1.29 is 24.0 Å². The summed E-state index contributed by atoms with van der Waals surface area (Å²) in [5.41, 5.74) is -0.257. The van der Waals surface area contributed by atoms with Gasteiger partial charge in [-0.1, -0.05) is 6.07 Å². The molecule has 3 aromatic rings. The summed E-state index contributed by atoms with van der Waals surface area (Å²) in [6.45, 7) is 1.47. The van der Waals surface area contributed by atoms with Crippen LogP contribution in [0.1, 0.15) is 38.5 Å². The molecule has 0 saturated heterocycles. The molecular weight excluding hydrogens is 418 g/mol. The number of hydrogen-bond donors (Lipinski definition) is 2. The highest BCUT2D eigenvalue weighted by Gasteiger charge is 2.25. The Morgan fingerprint density at radius 1 is 1.34 bits per heavy atom. The second-order valence-corrected chi connectivity index (χ2v) is 6.74. The van der Waals surface area contributed by atoms with Crippen molar-refractivity contribution in [1.29, 1.82) is 5.26 Å². The lowest BCUT2D eigenvalue weighted by Gasteiger charge is -2.06. The lowest BCUT2D eigenvalue weighted by molar-refractivity contribution is -0.386. The summed E-state index contributed by atoms with van der Waals surface area (Å²) < 4.78 is 10.7. The molecule has 2 aromatic heterocycles. The average molecular weight is 435 g/mol. The molecule has 0 aliphatic rings. The maximum Gasteiger partial charge on any atom is 0.335 e. The standard InChI is InChI=1S/C22H17N3O7/c1-12-9-13(22(27)28)3-6-15(12)19-8-5-14(32-19)4-7-18-20(25(29)30)17(11-31-2)16(10-23)21(26)24-18/h3-9H,11H2,1-2H3,(H,24,26)(H,27,28). The van der Waals surface area contributed by atoms with E-state index in [4.69, 9.17) is 14.3 Å². The molecule has 32 heavy (non-hydrogen) atoms. The number of hydrogen-bond acceptors (Lipinski definition) is 7. The number of H-pyrrole nitrogens is 1. The Labute approximate surface area is 181 Å². The molecule has 3 rings (SSSR count). The highest BCUT2D eigenvalue weighted by molar-refractivity contribution is 5.88. The Bertz CT molecular complexity index is 1340. The molecule has 0 atom stereocenters. The minimum absolute atomic E-state index is 0.106. The first-order chi connectivity index (χ1) is 15.3. The van der Waals surface area contributed by atoms with Gasteiger partial charge >= 0.3 is 5.97 Å². The normalized spacial score (nSPS) is 10.9. The summed E-state index contributed by atoms with van der Waals surface area (Å²) in [5, 5.41) is 29.9. The van der Waals surface area contributed by atoms with Crippen LogP contribution in [0.5, 0.6) is 0 Å². The quantitative estimate of drug-likeness (QED) is 0.419. The Morgan fingerprint density at radius 3 is 2.69 bits per heavy atom. The fourth-order valence-corrected chi connectivity index (χ4v) is 3.22. The van der Waals surface area contributed by atoms with Gasteiger partial charge in [-0.15, -0.1) is 0 Å². The summed E-state index contributed by atoms with van der Waals surface area (Å²) >= 11 is 0. The molecular formula is C22H17N3O7. The van der Waals surface area contributed by atoms with Gasteiger partial charge in [0.15, 0.2) is 0 Å². The highest BCUT2D eigenvalue weighted by atomic mass is 16.6. The number of nitriles is 1. The van der Waals surface area contributed by atoms with Crippen LogP contribution in [-0.4, -0.2) is 28.1 Å². The van der Waals surface area contributed by atoms with Crippen LogP contribution in [0.2, 0.25) is 0 Å². The van der Waals surface area contributed by atoms with Gasteiger partial charge in [0, 0.05) is 12.7 Å². The number of pyridine rings is 1. The highest BCUT2D eigenvalue weighted by Crippen LogP contribution is 2.29. The van der Waals surface area contributed by atoms with Gasteiger partial charge in [-0.2, -0.15) is 5.26 Å². The molecule has 10 nitrogen and oxygen atoms in total. The van der Waals surface area contributed by atoms with E-state index in [0.717, 1.165) is 0 Å². The van der Waals surface area contributed by atoms with Crippen molar-refractivity contribution >= 4 is 23.8 Å². The smallest absolute Gasteiger partial charge is 0.335 e. The van der Waals surface area contributed by atoms with E-state index in [2.05, 4.69) is 4.98 Å². The van der Waals surface area contributed by atoms with Gasteiger partial charge in [0.25, 0.3) is 11.2 Å². The predicted molar refractivity (Wildman–Crippen MR) is 114 cm³/mol. The third-order valence-corrected chi connectivity index (χ3v) is 4.68. The number of carboxylic acid groups (broad SMARTS) is 1. The van der Waals surface area contributed by atoms with Crippen LogP contribution in [0.25, 0.3) is 23.5 Å². The Hall–Kier alpha value is -4.49. The SMILES string of the molecule is COCc1c([N+](=O)[O-])c(C=Cc2ccc(-c3ccc(C(=O)O)cc3C)o2)[nH]c(=O)c1C#N. The number of aryl methyl sites for hydroxylation is 1. The number of carboxylic acids is 1. The van der Waals surface area contributed by atoms with Crippen LogP contribution >= 0.6 is 0 Å². The third kappa shape index (κ3) is 4.33. The van der Waals surface area contributed by atoms with Crippen molar-refractivity contribution in [2.45, 2.75) is 13.5 Å². The largest absolute Gasteiger partial charge is 0.478 e. The molecule has 0 radical (unpaired) electrons. The Balaban J connectivity index is 2.00. The van der Waals surface area contributed by atoms with Gasteiger partial charge in [0.05, 0.1) is 22.7 Å². The molecule has 0 saturated carbocycles. The van der Waals surface area contributed by atoms with Crippen LogP contribution in [0, 0.1) is 28.4 Å². The van der Waals surface area contributed by atoms with E-state index in [0.29, 0.717) is 22.6 Å². The van der Waals surface area contributed by atoms with E-state index in [1.807, 2.05) is 0 Å². The number of furan rings is 1. The summed E-state index contributed by atoms with van der Waals surface area (Å²) in [5.74, 6) is -0.218. The molecule has 0 aliphatic carbocycles. The van der Waals surface area contributed by atoms with Gasteiger partial charge in [0.2, 0.25) is 0 Å². The number of nitrogens with zero attached hydrogens (tertiary/aromatic N) is 2. The summed E-state index contributed by atoms with van der Waals surface area (Å²) in [4.78, 5) is 36.6. The van der Waals surface area contributed by atoms with Gasteiger partial charge in [-0.3, -0.25) is 14.9 Å². The van der Waals surface area contributed by atoms with Crippen molar-refractivity contribution in [3.63, 3.8) is 0 Å². The zero-order valence-corrected chi connectivity index (χ0v) is 17.0. The minimum atomic E-state index is -1.03. The number of ether oxygens (including phenoxy) is 1. The zero-order valence-electron chi connectivity index (χ0n) is 17.0. The maximum atomic E-state index is 12.2. The molecule has 10 heteroatoms. The first-order valence-corrected chi connectivity index (χ1v) is 9.21. The van der Waals surface area contributed by atoms with Crippen LogP contribution < -0.4 is 5.56 Å². The lowest BCUT2D eigenvalue weighted by atomic mass is 10.0. The number of rotatable bonds is 7. The molecule has 2 N–H and O–H groups in total. The monoisotopic (exact) mass is 435 g/mol. The summed E-state index contributed by atoms with van der Waals surface area (Å²) in [6, 6.07) is 9.59. The second kappa shape index (κ2) is 9.11. The van der Waals surface area contributed by atoms with E-state index < -0.39 is 22.1 Å².